The Hall–Kier alpha value is -1.30. The third-order valence-electron chi connectivity index (χ3n) is 2.99. The van der Waals surface area contributed by atoms with Crippen LogP contribution in [0.1, 0.15) is 39.0 Å². The second kappa shape index (κ2) is 7.05. The van der Waals surface area contributed by atoms with Gasteiger partial charge in [-0.15, -0.1) is 0 Å². The average Bonchev–Trinajstić information content (AvgIpc) is 2.34. The van der Waals surface area contributed by atoms with Crippen molar-refractivity contribution in [2.45, 2.75) is 39.0 Å². The molecule has 0 saturated carbocycles. The van der Waals surface area contributed by atoms with E-state index >= 15 is 0 Å². The van der Waals surface area contributed by atoms with Crippen molar-refractivity contribution in [2.24, 2.45) is 11.8 Å². The molecule has 16 heavy (non-hydrogen) atoms. The van der Waals surface area contributed by atoms with Gasteiger partial charge in [-0.05, 0) is 31.6 Å². The number of nitrogens with one attached hydrogen (secondary N) is 1. The minimum Gasteiger partial charge on any atom is -0.355 e. The van der Waals surface area contributed by atoms with Crippen molar-refractivity contribution in [3.05, 3.63) is 12.2 Å². The molecule has 3 heteroatoms. The molecule has 1 aliphatic carbocycles. The smallest absolute Gasteiger partial charge is 0.237 e. The van der Waals surface area contributed by atoms with Crippen molar-refractivity contribution in [3.8, 4) is 6.07 Å². The molecule has 0 spiro atoms. The maximum atomic E-state index is 11.7. The molecule has 1 amide bonds. The number of rotatable bonds is 5. The molecule has 1 rings (SSSR count). The summed E-state index contributed by atoms with van der Waals surface area (Å²) >= 11 is 0. The number of nitrogens with zero attached hydrogens (tertiary/aromatic N) is 1. The Balaban J connectivity index is 2.28. The van der Waals surface area contributed by atoms with Crippen LogP contribution in [-0.4, -0.2) is 12.5 Å². The monoisotopic (exact) mass is 220 g/mol. The summed E-state index contributed by atoms with van der Waals surface area (Å²) < 4.78 is 0. The Bertz CT molecular complexity index is 291. The molecule has 3 nitrogen and oxygen atoms in total. The van der Waals surface area contributed by atoms with E-state index in [9.17, 15) is 4.79 Å². The molecule has 1 aliphatic rings. The van der Waals surface area contributed by atoms with Crippen LogP contribution in [0.25, 0.3) is 0 Å². The fraction of sp³-hybridized carbons (Fsp3) is 0.692. The molecule has 2 atom stereocenters. The van der Waals surface area contributed by atoms with Crippen LogP contribution in [-0.2, 0) is 4.79 Å². The molecule has 88 valence electrons. The first kappa shape index (κ1) is 12.8. The van der Waals surface area contributed by atoms with Crippen LogP contribution in [0.5, 0.6) is 0 Å². The molecule has 0 aromatic carbocycles. The minimum atomic E-state index is -0.468. The van der Waals surface area contributed by atoms with Crippen molar-refractivity contribution in [1.29, 1.82) is 5.26 Å². The largest absolute Gasteiger partial charge is 0.355 e. The summed E-state index contributed by atoms with van der Waals surface area (Å²) in [5.41, 5.74) is 0. The van der Waals surface area contributed by atoms with E-state index in [0.29, 0.717) is 18.9 Å². The van der Waals surface area contributed by atoms with E-state index < -0.39 is 5.92 Å². The maximum Gasteiger partial charge on any atom is 0.237 e. The number of hydrogen-bond acceptors (Lipinski definition) is 2. The third kappa shape index (κ3) is 4.06. The van der Waals surface area contributed by atoms with Gasteiger partial charge >= 0.3 is 0 Å². The number of nitriles is 1. The fourth-order valence-corrected chi connectivity index (χ4v) is 1.95. The van der Waals surface area contributed by atoms with Crippen LogP contribution in [0.15, 0.2) is 12.2 Å². The third-order valence-corrected chi connectivity index (χ3v) is 2.99. The molecular weight excluding hydrogens is 200 g/mol. The van der Waals surface area contributed by atoms with Crippen molar-refractivity contribution < 1.29 is 4.79 Å². The summed E-state index contributed by atoms with van der Waals surface area (Å²) in [5.74, 6) is -0.0158. The first-order valence-corrected chi connectivity index (χ1v) is 6.10. The molecule has 0 aromatic rings. The second-order valence-electron chi connectivity index (χ2n) is 4.37. The van der Waals surface area contributed by atoms with Gasteiger partial charge in [-0.1, -0.05) is 25.5 Å². The Kier molecular flexibility index (Phi) is 5.63. The van der Waals surface area contributed by atoms with Crippen LogP contribution in [0.2, 0.25) is 0 Å². The highest BCUT2D eigenvalue weighted by Gasteiger charge is 2.18. The van der Waals surface area contributed by atoms with E-state index in [0.717, 1.165) is 25.7 Å². The summed E-state index contributed by atoms with van der Waals surface area (Å²) in [6.45, 7) is 2.70. The van der Waals surface area contributed by atoms with Crippen LogP contribution in [0.4, 0.5) is 0 Å². The van der Waals surface area contributed by atoms with E-state index in [1.54, 1.807) is 0 Å². The number of amides is 1. The normalized spacial score (nSPS) is 21.1. The van der Waals surface area contributed by atoms with Gasteiger partial charge in [0.25, 0.3) is 0 Å². The van der Waals surface area contributed by atoms with Crippen LogP contribution >= 0.6 is 0 Å². The zero-order valence-corrected chi connectivity index (χ0v) is 9.91. The predicted octanol–water partition coefficient (Wildman–Crippen LogP) is 2.40. The lowest BCUT2D eigenvalue weighted by molar-refractivity contribution is -0.123. The molecule has 1 N–H and O–H groups in total. The zero-order chi connectivity index (χ0) is 11.8. The number of allylic oxidation sites excluding steroid dienone is 2. The molecule has 0 aliphatic heterocycles. The van der Waals surface area contributed by atoms with Crippen molar-refractivity contribution in [3.63, 3.8) is 0 Å². The molecule has 0 aromatic heterocycles. The van der Waals surface area contributed by atoms with Crippen molar-refractivity contribution in [1.82, 2.24) is 5.32 Å². The number of hydrogen-bond donors (Lipinski definition) is 1. The molecule has 0 radical (unpaired) electrons. The topological polar surface area (TPSA) is 52.9 Å². The average molecular weight is 220 g/mol. The van der Waals surface area contributed by atoms with Crippen LogP contribution < -0.4 is 5.32 Å². The van der Waals surface area contributed by atoms with E-state index in [4.69, 9.17) is 5.26 Å². The lowest BCUT2D eigenvalue weighted by atomic mass is 9.94. The van der Waals surface area contributed by atoms with Gasteiger partial charge in [0.1, 0.15) is 5.92 Å². The highest BCUT2D eigenvalue weighted by Crippen LogP contribution is 2.17. The summed E-state index contributed by atoms with van der Waals surface area (Å²) in [6, 6.07) is 2.06. The molecule has 0 saturated heterocycles. The Labute approximate surface area is 97.5 Å². The molecular formula is C13H20N2O. The van der Waals surface area contributed by atoms with Gasteiger partial charge in [0.05, 0.1) is 6.07 Å². The van der Waals surface area contributed by atoms with Crippen LogP contribution in [0.3, 0.4) is 0 Å². The highest BCUT2D eigenvalue weighted by molar-refractivity contribution is 5.80. The molecule has 0 fully saturated rings. The molecule has 0 heterocycles. The Morgan fingerprint density at radius 2 is 2.44 bits per heavy atom. The first-order chi connectivity index (χ1) is 7.77. The summed E-state index contributed by atoms with van der Waals surface area (Å²) in [7, 11) is 0. The molecule has 0 bridgehead atoms. The lowest BCUT2D eigenvalue weighted by Crippen LogP contribution is -2.34. The summed E-state index contributed by atoms with van der Waals surface area (Å²) in [5, 5.41) is 11.7. The lowest BCUT2D eigenvalue weighted by Gasteiger charge is -2.19. The van der Waals surface area contributed by atoms with Crippen molar-refractivity contribution >= 4 is 5.91 Å². The Morgan fingerprint density at radius 1 is 1.62 bits per heavy atom. The first-order valence-electron chi connectivity index (χ1n) is 6.10. The van der Waals surface area contributed by atoms with E-state index in [1.165, 1.54) is 0 Å². The predicted molar refractivity (Wildman–Crippen MR) is 63.5 cm³/mol. The van der Waals surface area contributed by atoms with Crippen molar-refractivity contribution in [2.75, 3.05) is 6.54 Å². The van der Waals surface area contributed by atoms with Gasteiger partial charge in [-0.2, -0.15) is 5.26 Å². The SMILES string of the molecule is CCCC(C#N)C(=O)NCC1CC=CCC1. The summed E-state index contributed by atoms with van der Waals surface area (Å²) in [4.78, 5) is 11.7. The van der Waals surface area contributed by atoms with Gasteiger partial charge in [0, 0.05) is 6.54 Å². The van der Waals surface area contributed by atoms with E-state index in [2.05, 4.69) is 23.5 Å². The van der Waals surface area contributed by atoms with Gasteiger partial charge in [0.15, 0.2) is 0 Å². The van der Waals surface area contributed by atoms with Gasteiger partial charge in [-0.3, -0.25) is 4.79 Å². The standard InChI is InChI=1S/C13H20N2O/c1-2-6-12(9-14)13(16)15-10-11-7-4-3-5-8-11/h3-4,11-12H,2,5-8,10H2,1H3,(H,15,16). The number of carbonyl (C=O) groups is 1. The van der Waals surface area contributed by atoms with Gasteiger partial charge in [-0.25, -0.2) is 0 Å². The minimum absolute atomic E-state index is 0.0982. The quantitative estimate of drug-likeness (QED) is 0.723. The highest BCUT2D eigenvalue weighted by atomic mass is 16.1. The fourth-order valence-electron chi connectivity index (χ4n) is 1.95. The zero-order valence-electron chi connectivity index (χ0n) is 9.91. The van der Waals surface area contributed by atoms with Crippen LogP contribution in [0, 0.1) is 23.2 Å². The van der Waals surface area contributed by atoms with Gasteiger partial charge in [0.2, 0.25) is 5.91 Å². The molecule has 2 unspecified atom stereocenters. The summed E-state index contributed by atoms with van der Waals surface area (Å²) in [6.07, 6.45) is 9.19. The van der Waals surface area contributed by atoms with E-state index in [1.807, 2.05) is 6.92 Å². The Morgan fingerprint density at radius 3 is 3.00 bits per heavy atom. The van der Waals surface area contributed by atoms with E-state index in [-0.39, 0.29) is 5.91 Å². The number of carbonyl (C=O) groups excluding carboxylic acids is 1. The second-order valence-corrected chi connectivity index (χ2v) is 4.37. The van der Waals surface area contributed by atoms with Gasteiger partial charge < -0.3 is 5.32 Å². The maximum absolute atomic E-state index is 11.7.